The molecule has 0 aromatic carbocycles. The normalized spacial score (nSPS) is 17.4. The van der Waals surface area contributed by atoms with Crippen LogP contribution in [0, 0.1) is 0 Å². The molecule has 0 aliphatic heterocycles. The molecular formula is C5H11N3O. The molecule has 0 radical (unpaired) electrons. The Balaban J connectivity index is 2.02. The lowest BCUT2D eigenvalue weighted by atomic mass is 10.5. The molecule has 1 rings (SSSR count). The predicted octanol–water partition coefficient (Wildman–Crippen LogP) is -1.27. The monoisotopic (exact) mass is 129 g/mol. The van der Waals surface area contributed by atoms with Crippen LogP contribution in [0.3, 0.4) is 0 Å². The Hall–Kier alpha value is -0.610. The van der Waals surface area contributed by atoms with E-state index >= 15 is 0 Å². The molecule has 52 valence electrons. The molecule has 0 saturated heterocycles. The lowest BCUT2D eigenvalue weighted by Crippen LogP contribution is -2.37. The lowest BCUT2D eigenvalue weighted by Gasteiger charge is -1.99. The van der Waals surface area contributed by atoms with Crippen molar-refractivity contribution in [3.63, 3.8) is 0 Å². The van der Waals surface area contributed by atoms with Gasteiger partial charge in [0.05, 0.1) is 6.54 Å². The molecule has 4 heteroatoms. The van der Waals surface area contributed by atoms with Crippen molar-refractivity contribution in [2.24, 2.45) is 5.84 Å². The maximum Gasteiger partial charge on any atom is 0.235 e. The van der Waals surface area contributed by atoms with Crippen LogP contribution in [0.1, 0.15) is 12.8 Å². The Morgan fingerprint density at radius 2 is 2.33 bits per heavy atom. The van der Waals surface area contributed by atoms with Gasteiger partial charge in [-0.05, 0) is 12.8 Å². The van der Waals surface area contributed by atoms with Crippen molar-refractivity contribution in [3.05, 3.63) is 0 Å². The number of nitrogens with two attached hydrogens (primary N) is 1. The van der Waals surface area contributed by atoms with Gasteiger partial charge >= 0.3 is 0 Å². The molecule has 0 aromatic rings. The van der Waals surface area contributed by atoms with E-state index in [1.54, 1.807) is 0 Å². The molecular weight excluding hydrogens is 118 g/mol. The summed E-state index contributed by atoms with van der Waals surface area (Å²) in [5.41, 5.74) is 2.29. The Labute approximate surface area is 53.8 Å². The van der Waals surface area contributed by atoms with Crippen LogP contribution < -0.4 is 16.6 Å². The van der Waals surface area contributed by atoms with Crippen LogP contribution in [-0.4, -0.2) is 18.5 Å². The van der Waals surface area contributed by atoms with Crippen molar-refractivity contribution >= 4 is 5.91 Å². The summed E-state index contributed by atoms with van der Waals surface area (Å²) in [5, 5.41) is 2.77. The molecule has 9 heavy (non-hydrogen) atoms. The number of carbonyl (C=O) groups is 1. The lowest BCUT2D eigenvalue weighted by molar-refractivity contribution is -0.120. The maximum atomic E-state index is 10.6. The molecule has 1 saturated carbocycles. The highest BCUT2D eigenvalue weighted by molar-refractivity contribution is 5.78. The Kier molecular flexibility index (Phi) is 2.02. The van der Waals surface area contributed by atoms with Crippen LogP contribution in [0.4, 0.5) is 0 Å². The first-order valence-corrected chi connectivity index (χ1v) is 3.06. The summed E-state index contributed by atoms with van der Waals surface area (Å²) >= 11 is 0. The molecule has 0 spiro atoms. The van der Waals surface area contributed by atoms with Crippen LogP contribution in [0.25, 0.3) is 0 Å². The SMILES string of the molecule is NNCC(=O)NC1CC1. The minimum atomic E-state index is -0.0139. The minimum absolute atomic E-state index is 0.0139. The Morgan fingerprint density at radius 3 is 2.78 bits per heavy atom. The molecule has 4 N–H and O–H groups in total. The zero-order valence-electron chi connectivity index (χ0n) is 5.18. The number of carbonyl (C=O) groups excluding carboxylic acids is 1. The smallest absolute Gasteiger partial charge is 0.235 e. The van der Waals surface area contributed by atoms with Crippen molar-refractivity contribution in [1.82, 2.24) is 10.7 Å². The third-order valence-electron chi connectivity index (χ3n) is 1.21. The van der Waals surface area contributed by atoms with Crippen molar-refractivity contribution < 1.29 is 4.79 Å². The number of amides is 1. The molecule has 0 unspecified atom stereocenters. The third-order valence-corrected chi connectivity index (χ3v) is 1.21. The first-order valence-electron chi connectivity index (χ1n) is 3.06. The number of hydrazine groups is 1. The quantitative estimate of drug-likeness (QED) is 0.329. The highest BCUT2D eigenvalue weighted by Crippen LogP contribution is 2.17. The van der Waals surface area contributed by atoms with Gasteiger partial charge in [0.2, 0.25) is 5.91 Å². The van der Waals surface area contributed by atoms with E-state index in [9.17, 15) is 4.79 Å². The van der Waals surface area contributed by atoms with E-state index in [0.29, 0.717) is 6.04 Å². The Morgan fingerprint density at radius 1 is 1.67 bits per heavy atom. The summed E-state index contributed by atoms with van der Waals surface area (Å²) in [7, 11) is 0. The zero-order chi connectivity index (χ0) is 6.69. The fraction of sp³-hybridized carbons (Fsp3) is 0.800. The van der Waals surface area contributed by atoms with Gasteiger partial charge in [-0.1, -0.05) is 0 Å². The van der Waals surface area contributed by atoms with Crippen LogP contribution in [0.15, 0.2) is 0 Å². The first kappa shape index (κ1) is 6.51. The van der Waals surface area contributed by atoms with Gasteiger partial charge in [-0.15, -0.1) is 0 Å². The summed E-state index contributed by atoms with van der Waals surface area (Å²) in [5.74, 6) is 4.90. The fourth-order valence-corrected chi connectivity index (χ4v) is 0.599. The first-order chi connectivity index (χ1) is 4.33. The number of hydrogen-bond acceptors (Lipinski definition) is 3. The van der Waals surface area contributed by atoms with E-state index in [0.717, 1.165) is 12.8 Å². The van der Waals surface area contributed by atoms with E-state index in [-0.39, 0.29) is 12.5 Å². The van der Waals surface area contributed by atoms with E-state index in [1.165, 1.54) is 0 Å². The van der Waals surface area contributed by atoms with E-state index in [4.69, 9.17) is 5.84 Å². The summed E-state index contributed by atoms with van der Waals surface area (Å²) < 4.78 is 0. The van der Waals surface area contributed by atoms with Crippen LogP contribution in [0.5, 0.6) is 0 Å². The molecule has 4 nitrogen and oxygen atoms in total. The van der Waals surface area contributed by atoms with Crippen molar-refractivity contribution in [3.8, 4) is 0 Å². The standard InChI is InChI=1S/C5H11N3O/c6-7-3-5(9)8-4-1-2-4/h4,7H,1-3,6H2,(H,8,9). The van der Waals surface area contributed by atoms with Gasteiger partial charge in [-0.25, -0.2) is 0 Å². The number of nitrogens with one attached hydrogen (secondary N) is 2. The Bertz CT molecular complexity index is 111. The third kappa shape index (κ3) is 2.43. The molecule has 1 aliphatic carbocycles. The summed E-state index contributed by atoms with van der Waals surface area (Å²) in [6.45, 7) is 0.219. The van der Waals surface area contributed by atoms with Crippen LogP contribution >= 0.6 is 0 Å². The summed E-state index contributed by atoms with van der Waals surface area (Å²) in [4.78, 5) is 10.6. The molecule has 0 aromatic heterocycles. The van der Waals surface area contributed by atoms with E-state index < -0.39 is 0 Å². The van der Waals surface area contributed by atoms with Crippen molar-refractivity contribution in [2.75, 3.05) is 6.54 Å². The van der Waals surface area contributed by atoms with Gasteiger partial charge in [0.1, 0.15) is 0 Å². The molecule has 1 amide bonds. The van der Waals surface area contributed by atoms with Gasteiger partial charge in [-0.2, -0.15) is 0 Å². The largest absolute Gasteiger partial charge is 0.352 e. The topological polar surface area (TPSA) is 67.1 Å². The predicted molar refractivity (Wildman–Crippen MR) is 33.4 cm³/mol. The molecule has 0 atom stereocenters. The molecule has 1 aliphatic rings. The van der Waals surface area contributed by atoms with Crippen LogP contribution in [-0.2, 0) is 4.79 Å². The van der Waals surface area contributed by atoms with Gasteiger partial charge in [-0.3, -0.25) is 16.1 Å². The van der Waals surface area contributed by atoms with Crippen molar-refractivity contribution in [2.45, 2.75) is 18.9 Å². The second-order valence-corrected chi connectivity index (χ2v) is 2.22. The second kappa shape index (κ2) is 2.80. The van der Waals surface area contributed by atoms with Gasteiger partial charge in [0.25, 0.3) is 0 Å². The highest BCUT2D eigenvalue weighted by atomic mass is 16.2. The van der Waals surface area contributed by atoms with Gasteiger partial charge < -0.3 is 5.32 Å². The average Bonchev–Trinajstić information content (AvgIpc) is 2.50. The zero-order valence-corrected chi connectivity index (χ0v) is 5.18. The fourth-order valence-electron chi connectivity index (χ4n) is 0.599. The van der Waals surface area contributed by atoms with Gasteiger partial charge in [0, 0.05) is 6.04 Å². The number of hydrogen-bond donors (Lipinski definition) is 3. The average molecular weight is 129 g/mol. The summed E-state index contributed by atoms with van der Waals surface area (Å²) in [6.07, 6.45) is 2.24. The van der Waals surface area contributed by atoms with Crippen LogP contribution in [0.2, 0.25) is 0 Å². The summed E-state index contributed by atoms with van der Waals surface area (Å²) in [6, 6.07) is 0.436. The van der Waals surface area contributed by atoms with Crippen molar-refractivity contribution in [1.29, 1.82) is 0 Å². The molecule has 0 heterocycles. The van der Waals surface area contributed by atoms with E-state index in [1.807, 2.05) is 0 Å². The highest BCUT2D eigenvalue weighted by Gasteiger charge is 2.22. The molecule has 0 bridgehead atoms. The number of rotatable bonds is 3. The minimum Gasteiger partial charge on any atom is -0.352 e. The van der Waals surface area contributed by atoms with Gasteiger partial charge in [0.15, 0.2) is 0 Å². The maximum absolute atomic E-state index is 10.6. The molecule has 1 fully saturated rings. The van der Waals surface area contributed by atoms with E-state index in [2.05, 4.69) is 10.7 Å². The second-order valence-electron chi connectivity index (χ2n) is 2.22.